The Morgan fingerprint density at radius 2 is 1.78 bits per heavy atom. The van der Waals surface area contributed by atoms with Gasteiger partial charge in [-0.05, 0) is 70.6 Å². The number of rotatable bonds is 6. The lowest BCUT2D eigenvalue weighted by atomic mass is 9.79. The summed E-state index contributed by atoms with van der Waals surface area (Å²) >= 11 is 0. The number of halogens is 1. The number of aromatic nitrogens is 1. The van der Waals surface area contributed by atoms with E-state index in [0.717, 1.165) is 58.2 Å². The SMILES string of the molecule is CCO[C@H]1CC[C@](C)(N2CCC(n3c(=O)oc4ccc(S(=O)(=O)CC)cc43)CC2)CC1.Cl. The van der Waals surface area contributed by atoms with E-state index in [1.54, 1.807) is 23.6 Å². The van der Waals surface area contributed by atoms with Crippen molar-refractivity contribution in [3.63, 3.8) is 0 Å². The van der Waals surface area contributed by atoms with Crippen LogP contribution in [0.5, 0.6) is 0 Å². The lowest BCUT2D eigenvalue weighted by Gasteiger charge is -2.48. The fraction of sp³-hybridized carbons (Fsp3) is 0.696. The highest BCUT2D eigenvalue weighted by molar-refractivity contribution is 7.91. The van der Waals surface area contributed by atoms with E-state index in [1.807, 2.05) is 0 Å². The lowest BCUT2D eigenvalue weighted by molar-refractivity contribution is -0.0274. The molecule has 1 saturated carbocycles. The topological polar surface area (TPSA) is 81.8 Å². The molecule has 0 radical (unpaired) electrons. The van der Waals surface area contributed by atoms with Gasteiger partial charge in [0.05, 0.1) is 22.3 Å². The molecule has 32 heavy (non-hydrogen) atoms. The van der Waals surface area contributed by atoms with Gasteiger partial charge in [0.1, 0.15) is 0 Å². The van der Waals surface area contributed by atoms with Crippen LogP contribution in [0.4, 0.5) is 0 Å². The van der Waals surface area contributed by atoms with Crippen LogP contribution in [-0.4, -0.2) is 55.0 Å². The van der Waals surface area contributed by atoms with Crippen molar-refractivity contribution in [2.24, 2.45) is 0 Å². The third kappa shape index (κ3) is 4.79. The van der Waals surface area contributed by atoms with Crippen LogP contribution in [0.1, 0.15) is 65.3 Å². The highest BCUT2D eigenvalue weighted by Crippen LogP contribution is 2.38. The zero-order valence-electron chi connectivity index (χ0n) is 19.2. The molecule has 2 aliphatic rings. The third-order valence-corrected chi connectivity index (χ3v) is 9.06. The molecule has 1 aliphatic heterocycles. The molecule has 2 heterocycles. The Hall–Kier alpha value is -1.35. The van der Waals surface area contributed by atoms with Crippen molar-refractivity contribution in [1.82, 2.24) is 9.47 Å². The molecular formula is C23H35ClN2O5S. The monoisotopic (exact) mass is 486 g/mol. The number of piperidine rings is 1. The summed E-state index contributed by atoms with van der Waals surface area (Å²) < 4.78 is 37.6. The van der Waals surface area contributed by atoms with E-state index in [9.17, 15) is 13.2 Å². The fourth-order valence-corrected chi connectivity index (χ4v) is 6.21. The third-order valence-electron chi connectivity index (χ3n) is 7.33. The van der Waals surface area contributed by atoms with Crippen LogP contribution in [0.3, 0.4) is 0 Å². The number of sulfone groups is 1. The second-order valence-electron chi connectivity index (χ2n) is 9.14. The molecule has 2 fully saturated rings. The van der Waals surface area contributed by atoms with E-state index in [0.29, 0.717) is 17.2 Å². The van der Waals surface area contributed by atoms with Gasteiger partial charge in [-0.15, -0.1) is 12.4 Å². The van der Waals surface area contributed by atoms with Crippen LogP contribution >= 0.6 is 12.4 Å². The summed E-state index contributed by atoms with van der Waals surface area (Å²) in [7, 11) is -3.34. The number of nitrogens with zero attached hydrogens (tertiary/aromatic N) is 2. The van der Waals surface area contributed by atoms with Crippen LogP contribution in [-0.2, 0) is 14.6 Å². The minimum Gasteiger partial charge on any atom is -0.408 e. The molecule has 0 atom stereocenters. The van der Waals surface area contributed by atoms with Gasteiger partial charge in [0.25, 0.3) is 0 Å². The lowest BCUT2D eigenvalue weighted by Crippen LogP contribution is -2.52. The first-order chi connectivity index (χ1) is 14.8. The first kappa shape index (κ1) is 25.3. The molecule has 4 rings (SSSR count). The predicted molar refractivity (Wildman–Crippen MR) is 128 cm³/mol. The van der Waals surface area contributed by atoms with Crippen molar-refractivity contribution in [2.45, 2.75) is 81.9 Å². The van der Waals surface area contributed by atoms with Gasteiger partial charge >= 0.3 is 5.76 Å². The highest BCUT2D eigenvalue weighted by Gasteiger charge is 2.38. The molecule has 9 heteroatoms. The quantitative estimate of drug-likeness (QED) is 0.609. The molecule has 180 valence electrons. The zero-order chi connectivity index (χ0) is 22.2. The van der Waals surface area contributed by atoms with E-state index < -0.39 is 15.6 Å². The maximum absolute atomic E-state index is 12.6. The van der Waals surface area contributed by atoms with Crippen LogP contribution < -0.4 is 5.76 Å². The van der Waals surface area contributed by atoms with Crippen molar-refractivity contribution in [3.05, 3.63) is 28.7 Å². The zero-order valence-corrected chi connectivity index (χ0v) is 20.8. The number of ether oxygens (including phenoxy) is 1. The summed E-state index contributed by atoms with van der Waals surface area (Å²) in [5, 5.41) is 0. The Labute approximate surface area is 196 Å². The number of likely N-dealkylation sites (tertiary alicyclic amines) is 1. The summed E-state index contributed by atoms with van der Waals surface area (Å²) in [6, 6.07) is 4.74. The molecule has 1 aromatic carbocycles. The van der Waals surface area contributed by atoms with Crippen LogP contribution in [0.15, 0.2) is 32.3 Å². The van der Waals surface area contributed by atoms with Crippen molar-refractivity contribution in [2.75, 3.05) is 25.4 Å². The van der Waals surface area contributed by atoms with Crippen LogP contribution in [0.25, 0.3) is 11.1 Å². The van der Waals surface area contributed by atoms with Crippen LogP contribution in [0.2, 0.25) is 0 Å². The second-order valence-corrected chi connectivity index (χ2v) is 11.4. The van der Waals surface area contributed by atoms with Gasteiger partial charge in [0.2, 0.25) is 0 Å². The average molecular weight is 487 g/mol. The van der Waals surface area contributed by atoms with Gasteiger partial charge in [0.15, 0.2) is 15.4 Å². The molecule has 7 nitrogen and oxygen atoms in total. The fourth-order valence-electron chi connectivity index (χ4n) is 5.31. The van der Waals surface area contributed by atoms with Crippen molar-refractivity contribution in [1.29, 1.82) is 0 Å². The minimum atomic E-state index is -3.34. The molecular weight excluding hydrogens is 452 g/mol. The smallest absolute Gasteiger partial charge is 0.408 e. The predicted octanol–water partition coefficient (Wildman–Crippen LogP) is 4.18. The Morgan fingerprint density at radius 3 is 2.38 bits per heavy atom. The summed E-state index contributed by atoms with van der Waals surface area (Å²) in [5.74, 6) is -0.371. The number of hydrogen-bond donors (Lipinski definition) is 0. The summed E-state index contributed by atoms with van der Waals surface area (Å²) in [6.07, 6.45) is 6.56. The van der Waals surface area contributed by atoms with Gasteiger partial charge in [-0.1, -0.05) is 6.92 Å². The maximum atomic E-state index is 12.6. The molecule has 0 amide bonds. The molecule has 0 bridgehead atoms. The van der Waals surface area contributed by atoms with E-state index in [1.165, 1.54) is 6.07 Å². The molecule has 1 aromatic heterocycles. The first-order valence-electron chi connectivity index (χ1n) is 11.5. The second kappa shape index (κ2) is 9.87. The molecule has 1 saturated heterocycles. The Balaban J connectivity index is 0.00000289. The van der Waals surface area contributed by atoms with Gasteiger partial charge in [-0.2, -0.15) is 0 Å². The number of hydrogen-bond acceptors (Lipinski definition) is 6. The summed E-state index contributed by atoms with van der Waals surface area (Å²) in [4.78, 5) is 15.5. The Kier molecular flexibility index (Phi) is 7.80. The van der Waals surface area contributed by atoms with Gasteiger partial charge in [0, 0.05) is 31.3 Å². The van der Waals surface area contributed by atoms with Crippen molar-refractivity contribution < 1.29 is 17.6 Å². The first-order valence-corrected chi connectivity index (χ1v) is 13.2. The standard InChI is InChI=1S/C23H34N2O5S.ClH/c1-4-29-18-8-12-23(3,13-9-18)24-14-10-17(11-15-24)25-20-16-19(31(27,28)5-2)6-7-21(20)30-22(25)26;/h6-7,16-18H,4-5,8-15H2,1-3H3;1H/t18-,23-;. The maximum Gasteiger partial charge on any atom is 0.420 e. The van der Waals surface area contributed by atoms with E-state index >= 15 is 0 Å². The van der Waals surface area contributed by atoms with Gasteiger partial charge in [-0.3, -0.25) is 9.47 Å². The molecule has 2 aromatic rings. The minimum absolute atomic E-state index is 0. The van der Waals surface area contributed by atoms with Crippen molar-refractivity contribution >= 4 is 33.3 Å². The van der Waals surface area contributed by atoms with E-state index in [4.69, 9.17) is 9.15 Å². The highest BCUT2D eigenvalue weighted by atomic mass is 35.5. The van der Waals surface area contributed by atoms with E-state index in [2.05, 4.69) is 18.7 Å². The normalized spacial score (nSPS) is 25.7. The number of oxazole rings is 1. The number of benzene rings is 1. The number of fused-ring (bicyclic) bond motifs is 1. The average Bonchev–Trinajstić information content (AvgIpc) is 3.10. The summed E-state index contributed by atoms with van der Waals surface area (Å²) in [5.41, 5.74) is 1.22. The Morgan fingerprint density at radius 1 is 1.12 bits per heavy atom. The van der Waals surface area contributed by atoms with Gasteiger partial charge in [-0.25, -0.2) is 13.2 Å². The van der Waals surface area contributed by atoms with Crippen molar-refractivity contribution in [3.8, 4) is 0 Å². The molecule has 0 spiro atoms. The molecule has 0 unspecified atom stereocenters. The summed E-state index contributed by atoms with van der Waals surface area (Å²) in [6.45, 7) is 8.66. The van der Waals surface area contributed by atoms with E-state index in [-0.39, 0.29) is 34.6 Å². The molecule has 0 N–H and O–H groups in total. The largest absolute Gasteiger partial charge is 0.420 e. The Bertz CT molecular complexity index is 1080. The van der Waals surface area contributed by atoms with Gasteiger partial charge < -0.3 is 9.15 Å². The molecule has 1 aliphatic carbocycles. The van der Waals surface area contributed by atoms with Crippen LogP contribution in [0, 0.1) is 0 Å².